The van der Waals surface area contributed by atoms with Crippen LogP contribution >= 0.6 is 0 Å². The van der Waals surface area contributed by atoms with Crippen molar-refractivity contribution in [3.63, 3.8) is 0 Å². The molecule has 9 nitrogen and oxygen atoms in total. The minimum absolute atomic E-state index is 0.595. The Labute approximate surface area is 632 Å². The highest BCUT2D eigenvalue weighted by Crippen LogP contribution is 2.47. The Morgan fingerprint density at radius 3 is 1.17 bits per heavy atom. The second-order valence-corrected chi connectivity index (χ2v) is 28.2. The van der Waals surface area contributed by atoms with E-state index in [1.165, 1.54) is 54.1 Å². The Kier molecular flexibility index (Phi) is 14.4. The van der Waals surface area contributed by atoms with Crippen LogP contribution in [-0.4, -0.2) is 43.2 Å². The molecule has 0 saturated heterocycles. The number of hydrogen-bond donors (Lipinski definition) is 0. The van der Waals surface area contributed by atoms with Gasteiger partial charge in [-0.05, 0) is 119 Å². The molecule has 9 heteroatoms. The third-order valence-corrected chi connectivity index (χ3v) is 22.0. The van der Waals surface area contributed by atoms with Gasteiger partial charge in [-0.2, -0.15) is 0 Å². The Bertz CT molecular complexity index is 7390. The molecule has 6 aromatic heterocycles. The lowest BCUT2D eigenvalue weighted by Crippen LogP contribution is -2.03. The summed E-state index contributed by atoms with van der Waals surface area (Å²) in [5.74, 6) is 2.47. The predicted molar refractivity (Wildman–Crippen MR) is 454 cm³/mol. The van der Waals surface area contributed by atoms with E-state index in [4.69, 9.17) is 24.9 Å². The van der Waals surface area contributed by atoms with Gasteiger partial charge in [-0.3, -0.25) is 0 Å². The Morgan fingerprint density at radius 2 is 0.573 bits per heavy atom. The van der Waals surface area contributed by atoms with Gasteiger partial charge in [-0.1, -0.05) is 291 Å². The van der Waals surface area contributed by atoms with Crippen molar-refractivity contribution in [3.05, 3.63) is 382 Å². The lowest BCUT2D eigenvalue weighted by atomic mass is 9.97. The summed E-state index contributed by atoms with van der Waals surface area (Å²) < 4.78 is 9.80. The summed E-state index contributed by atoms with van der Waals surface area (Å²) in [5, 5.41) is 11.9. The van der Waals surface area contributed by atoms with Gasteiger partial charge >= 0.3 is 0 Å². The lowest BCUT2D eigenvalue weighted by Gasteiger charge is -2.16. The van der Waals surface area contributed by atoms with Gasteiger partial charge in [-0.25, -0.2) is 24.9 Å². The molecule has 0 amide bonds. The van der Waals surface area contributed by atoms with Crippen LogP contribution in [-0.2, 0) is 0 Å². The van der Waals surface area contributed by atoms with E-state index in [1.807, 2.05) is 36.4 Å². The molecule has 0 aliphatic carbocycles. The number of aromatic nitrogens is 9. The van der Waals surface area contributed by atoms with Crippen LogP contribution in [0.3, 0.4) is 0 Å². The second kappa shape index (κ2) is 25.4. The third kappa shape index (κ3) is 10.1. The largest absolute Gasteiger partial charge is 0.309 e. The van der Waals surface area contributed by atoms with E-state index < -0.39 is 0 Å². The zero-order valence-corrected chi connectivity index (χ0v) is 59.4. The average molecular weight is 1400 g/mol. The number of para-hydroxylation sites is 6. The molecule has 512 valence electrons. The predicted octanol–water partition coefficient (Wildman–Crippen LogP) is 25.5. The Balaban J connectivity index is 0.638. The summed E-state index contributed by atoms with van der Waals surface area (Å²) in [6, 6.07) is 137. The van der Waals surface area contributed by atoms with Crippen LogP contribution in [0.15, 0.2) is 382 Å². The maximum absolute atomic E-state index is 5.60. The maximum Gasteiger partial charge on any atom is 0.166 e. The molecule has 0 N–H and O–H groups in total. The molecule has 22 aromatic rings. The average Bonchev–Trinajstić information content (AvgIpc) is 1.55. The SMILES string of the molecule is c1ccc(-c2cc(-c3ccccc3-n3c4ccccc4c4c3ccc3c5ccccc5n(-c5cccc6ccccc56)c34)nc(-c3cccc(-c4cccc(-c5ccc(-n6c7ccccc7c7ccc8c(c9ccccc9n8-c8ccccc8-c8nc(-c9ccccc9)nc(-c9ccccc9)n8)c76)cc5)c4)c3)n2)cc1. The molecule has 0 aliphatic heterocycles. The van der Waals surface area contributed by atoms with Crippen LogP contribution in [0.5, 0.6) is 0 Å². The van der Waals surface area contributed by atoms with E-state index >= 15 is 0 Å². The Hall–Kier alpha value is -14.9. The van der Waals surface area contributed by atoms with Crippen molar-refractivity contribution in [2.45, 2.75) is 0 Å². The summed E-state index contributed by atoms with van der Waals surface area (Å²) in [5.41, 5.74) is 24.9. The maximum atomic E-state index is 5.60. The number of nitrogens with zero attached hydrogens (tertiary/aromatic N) is 9. The topological polar surface area (TPSA) is 84.2 Å². The van der Waals surface area contributed by atoms with Gasteiger partial charge in [0, 0.05) is 87.5 Å². The van der Waals surface area contributed by atoms with Crippen LogP contribution in [0.4, 0.5) is 0 Å². The number of hydrogen-bond acceptors (Lipinski definition) is 5. The fraction of sp³-hybridized carbons (Fsp3) is 0. The fourth-order valence-corrected chi connectivity index (χ4v) is 17.1. The van der Waals surface area contributed by atoms with E-state index in [0.29, 0.717) is 23.3 Å². The molecular formula is C101H63N9. The van der Waals surface area contributed by atoms with Gasteiger partial charge in [0.15, 0.2) is 23.3 Å². The van der Waals surface area contributed by atoms with Crippen molar-refractivity contribution in [1.29, 1.82) is 0 Å². The monoisotopic (exact) mass is 1400 g/mol. The molecule has 0 saturated carbocycles. The van der Waals surface area contributed by atoms with Crippen molar-refractivity contribution < 1.29 is 0 Å². The first kappa shape index (κ1) is 62.4. The zero-order valence-electron chi connectivity index (χ0n) is 59.4. The van der Waals surface area contributed by atoms with Crippen molar-refractivity contribution in [2.75, 3.05) is 0 Å². The minimum atomic E-state index is 0.595. The summed E-state index contributed by atoms with van der Waals surface area (Å²) in [6.45, 7) is 0. The van der Waals surface area contributed by atoms with Gasteiger partial charge in [0.25, 0.3) is 0 Å². The molecule has 0 radical (unpaired) electrons. The first-order chi connectivity index (χ1) is 54.6. The van der Waals surface area contributed by atoms with Crippen LogP contribution in [0.25, 0.3) is 211 Å². The fourth-order valence-electron chi connectivity index (χ4n) is 17.1. The first-order valence-corrected chi connectivity index (χ1v) is 37.3. The van der Waals surface area contributed by atoms with Crippen LogP contribution in [0, 0.1) is 0 Å². The zero-order chi connectivity index (χ0) is 72.3. The molecule has 0 fully saturated rings. The normalized spacial score (nSPS) is 11.8. The first-order valence-electron chi connectivity index (χ1n) is 37.3. The van der Waals surface area contributed by atoms with Gasteiger partial charge in [0.05, 0.1) is 72.6 Å². The van der Waals surface area contributed by atoms with Crippen molar-refractivity contribution in [3.8, 4) is 113 Å². The minimum Gasteiger partial charge on any atom is -0.309 e. The van der Waals surface area contributed by atoms with Crippen LogP contribution in [0.2, 0.25) is 0 Å². The van der Waals surface area contributed by atoms with Gasteiger partial charge < -0.3 is 18.3 Å². The highest BCUT2D eigenvalue weighted by atomic mass is 15.1. The van der Waals surface area contributed by atoms with E-state index in [1.54, 1.807) is 0 Å². The second-order valence-electron chi connectivity index (χ2n) is 28.2. The molecule has 22 rings (SSSR count). The van der Waals surface area contributed by atoms with E-state index in [0.717, 1.165) is 134 Å². The standard InChI is InChI=1S/C101H63N9/c1-4-28-66(29-5-1)83-63-84(79-42-14-20-48-88(79)108-89-49-21-16-44-81(89)95-93(108)60-58-78-76-41-13-19-47-87(76)110(97(78)95)85-52-26-34-65-27-10-11-39-74(65)85)103-100(102-83)72-38-25-37-71(62-72)70-36-24-35-69(61-70)64-53-55-73(56-54-64)107-86-46-18-12-40-75(86)77-57-59-92-94(96(77)107)80-43-15-22-50-90(80)109(92)91-51-23-17-45-82(91)101-105-98(67-30-6-2-7-31-67)104-99(106-101)68-32-8-3-9-33-68/h1-63H. The summed E-state index contributed by atoms with van der Waals surface area (Å²) in [7, 11) is 0. The summed E-state index contributed by atoms with van der Waals surface area (Å²) in [4.78, 5) is 26.6. The molecule has 16 aromatic carbocycles. The van der Waals surface area contributed by atoms with Gasteiger partial charge in [-0.15, -0.1) is 0 Å². The van der Waals surface area contributed by atoms with E-state index in [9.17, 15) is 0 Å². The third-order valence-electron chi connectivity index (χ3n) is 22.0. The molecule has 0 unspecified atom stereocenters. The lowest BCUT2D eigenvalue weighted by molar-refractivity contribution is 1.06. The quantitative estimate of drug-likeness (QED) is 0.122. The van der Waals surface area contributed by atoms with E-state index in [-0.39, 0.29) is 0 Å². The van der Waals surface area contributed by atoms with Crippen molar-refractivity contribution >= 4 is 98.0 Å². The van der Waals surface area contributed by atoms with Crippen molar-refractivity contribution in [1.82, 2.24) is 43.2 Å². The smallest absolute Gasteiger partial charge is 0.166 e. The molecule has 0 atom stereocenters. The molecule has 0 aliphatic rings. The van der Waals surface area contributed by atoms with Gasteiger partial charge in [0.2, 0.25) is 0 Å². The number of fused-ring (bicyclic) bond motifs is 15. The number of benzene rings is 16. The number of rotatable bonds is 12. The highest BCUT2D eigenvalue weighted by Gasteiger charge is 2.27. The van der Waals surface area contributed by atoms with Crippen molar-refractivity contribution in [2.24, 2.45) is 0 Å². The van der Waals surface area contributed by atoms with Crippen LogP contribution in [0.1, 0.15) is 0 Å². The molecule has 110 heavy (non-hydrogen) atoms. The van der Waals surface area contributed by atoms with Crippen LogP contribution < -0.4 is 0 Å². The summed E-state index contributed by atoms with van der Waals surface area (Å²) >= 11 is 0. The molecule has 0 spiro atoms. The Morgan fingerprint density at radius 1 is 0.182 bits per heavy atom. The molecule has 0 bridgehead atoms. The van der Waals surface area contributed by atoms with Gasteiger partial charge in [0.1, 0.15) is 0 Å². The molecule has 6 heterocycles. The summed E-state index contributed by atoms with van der Waals surface area (Å²) in [6.07, 6.45) is 0. The highest BCUT2D eigenvalue weighted by molar-refractivity contribution is 6.28. The van der Waals surface area contributed by atoms with E-state index in [2.05, 4.69) is 364 Å². The molecular weight excluding hydrogens is 1340 g/mol.